The Bertz CT molecular complexity index is 259. The predicted molar refractivity (Wildman–Crippen MR) is 88.1 cm³/mol. The molecule has 1 saturated heterocycles. The summed E-state index contributed by atoms with van der Waals surface area (Å²) in [5.41, 5.74) is 0. The van der Waals surface area contributed by atoms with E-state index in [4.69, 9.17) is 4.74 Å². The van der Waals surface area contributed by atoms with Crippen LogP contribution < -0.4 is 0 Å². The van der Waals surface area contributed by atoms with E-state index in [1.54, 1.807) is 0 Å². The van der Waals surface area contributed by atoms with E-state index in [1.807, 2.05) is 0 Å². The molecule has 2 rings (SSSR count). The number of hydrogen-bond acceptors (Lipinski definition) is 3. The van der Waals surface area contributed by atoms with Gasteiger partial charge in [0, 0.05) is 6.04 Å². The Labute approximate surface area is 128 Å². The first kappa shape index (κ1) is 16.5. The molecule has 1 aliphatic carbocycles. The summed E-state index contributed by atoms with van der Waals surface area (Å²) in [6.45, 7) is 6.76. The second-order valence-corrected chi connectivity index (χ2v) is 8.34. The molecule has 0 aromatic carbocycles. The van der Waals surface area contributed by atoms with E-state index in [0.29, 0.717) is 6.35 Å². The fourth-order valence-electron chi connectivity index (χ4n) is 3.45. The van der Waals surface area contributed by atoms with Crippen LogP contribution in [0.5, 0.6) is 0 Å². The molecule has 2 aliphatic rings. The van der Waals surface area contributed by atoms with Crippen molar-refractivity contribution in [1.29, 1.82) is 0 Å². The molecule has 118 valence electrons. The highest BCUT2D eigenvalue weighted by Gasteiger charge is 2.41. The van der Waals surface area contributed by atoms with E-state index >= 15 is 0 Å². The molecule has 1 unspecified atom stereocenters. The molecule has 1 heterocycles. The lowest BCUT2D eigenvalue weighted by molar-refractivity contribution is -0.152. The minimum atomic E-state index is -0.180. The number of ether oxygens (including phenoxy) is 1. The first-order valence-electron chi connectivity index (χ1n) is 8.98. The van der Waals surface area contributed by atoms with E-state index in [1.165, 1.54) is 70.8 Å². The van der Waals surface area contributed by atoms with Crippen LogP contribution in [0.1, 0.15) is 78.1 Å². The van der Waals surface area contributed by atoms with E-state index < -0.39 is 0 Å². The average molecular weight is 299 g/mol. The van der Waals surface area contributed by atoms with Crippen LogP contribution in [0.25, 0.3) is 0 Å². The second kappa shape index (κ2) is 9.18. The lowest BCUT2D eigenvalue weighted by Gasteiger charge is -2.54. The molecule has 0 N–H and O–H groups in total. The first-order chi connectivity index (χ1) is 9.86. The van der Waals surface area contributed by atoms with Crippen LogP contribution in [-0.4, -0.2) is 44.5 Å². The number of unbranched alkanes of at least 4 members (excludes halogenated alkanes) is 3. The topological polar surface area (TPSA) is 15.7 Å². The third-order valence-corrected chi connectivity index (χ3v) is 6.95. The van der Waals surface area contributed by atoms with Gasteiger partial charge >= 0.3 is 0 Å². The highest BCUT2D eigenvalue weighted by molar-refractivity contribution is 6.32. The van der Waals surface area contributed by atoms with Crippen molar-refractivity contribution in [3.05, 3.63) is 0 Å². The van der Waals surface area contributed by atoms with Gasteiger partial charge in [-0.15, -0.1) is 0 Å². The molecular weight excluding hydrogens is 264 g/mol. The molecule has 3 nitrogen and oxygen atoms in total. The molecule has 2 fully saturated rings. The van der Waals surface area contributed by atoms with Gasteiger partial charge in [-0.25, -0.2) is 0 Å². The van der Waals surface area contributed by atoms with Gasteiger partial charge in [0.25, 0.3) is 0 Å². The zero-order valence-electron chi connectivity index (χ0n) is 13.6. The van der Waals surface area contributed by atoms with Crippen molar-refractivity contribution in [2.75, 3.05) is 13.2 Å². The van der Waals surface area contributed by atoms with Gasteiger partial charge in [-0.2, -0.15) is 0 Å². The van der Waals surface area contributed by atoms with E-state index in [9.17, 15) is 0 Å². The van der Waals surface area contributed by atoms with Crippen molar-refractivity contribution in [3.63, 3.8) is 0 Å². The predicted octanol–water partition coefficient (Wildman–Crippen LogP) is 3.23. The minimum Gasteiger partial charge on any atom is -0.351 e. The summed E-state index contributed by atoms with van der Waals surface area (Å²) in [6, 6.07) is 0.851. The molecule has 0 aromatic heterocycles. The minimum absolute atomic E-state index is 0.180. The Balaban J connectivity index is 1.78. The van der Waals surface area contributed by atoms with Crippen molar-refractivity contribution in [2.24, 2.45) is 0 Å². The molecule has 1 aliphatic heterocycles. The fourth-order valence-corrected chi connectivity index (χ4v) is 5.46. The lowest BCUT2D eigenvalue weighted by Crippen LogP contribution is -2.70. The molecule has 0 bridgehead atoms. The van der Waals surface area contributed by atoms with Crippen LogP contribution in [0.3, 0.4) is 0 Å². The largest absolute Gasteiger partial charge is 0.351 e. The van der Waals surface area contributed by atoms with Gasteiger partial charge < -0.3 is 4.74 Å². The molecule has 4 heteroatoms. The Morgan fingerprint density at radius 1 is 1.00 bits per heavy atom. The highest BCUT2D eigenvalue weighted by atomic mass is 28.2. The Morgan fingerprint density at radius 3 is 2.45 bits per heavy atom. The molecule has 0 amide bonds. The van der Waals surface area contributed by atoms with Gasteiger partial charge in [0.2, 0.25) is 0 Å². The van der Waals surface area contributed by atoms with Crippen molar-refractivity contribution in [3.8, 4) is 0 Å². The lowest BCUT2D eigenvalue weighted by atomic mass is 9.95. The Morgan fingerprint density at radius 2 is 1.75 bits per heavy atom. The number of rotatable bonds is 9. The van der Waals surface area contributed by atoms with Gasteiger partial charge in [-0.3, -0.25) is 9.13 Å². The van der Waals surface area contributed by atoms with Crippen LogP contribution in [0.15, 0.2) is 0 Å². The van der Waals surface area contributed by atoms with Crippen LogP contribution in [0, 0.1) is 0 Å². The number of hydrogen-bond donors (Lipinski definition) is 0. The van der Waals surface area contributed by atoms with Crippen LogP contribution in [-0.2, 0) is 4.74 Å². The molecular formula is C16H34N2OSi. The molecule has 1 saturated carbocycles. The summed E-state index contributed by atoms with van der Waals surface area (Å²) < 4.78 is 11.7. The third-order valence-electron chi connectivity index (χ3n) is 4.80. The monoisotopic (exact) mass is 298 g/mol. The zero-order chi connectivity index (χ0) is 14.2. The fraction of sp³-hybridized carbons (Fsp3) is 1.00. The van der Waals surface area contributed by atoms with Crippen molar-refractivity contribution in [2.45, 2.75) is 90.4 Å². The van der Waals surface area contributed by atoms with Gasteiger partial charge in [0.05, 0.1) is 6.61 Å². The first-order valence-corrected chi connectivity index (χ1v) is 10.2. The van der Waals surface area contributed by atoms with Gasteiger partial charge in [-0.05, 0) is 32.2 Å². The quantitative estimate of drug-likeness (QED) is 0.480. The van der Waals surface area contributed by atoms with Crippen molar-refractivity contribution >= 4 is 9.84 Å². The summed E-state index contributed by atoms with van der Waals surface area (Å²) in [4.78, 5) is 0. The molecule has 0 spiro atoms. The third kappa shape index (κ3) is 4.55. The molecule has 20 heavy (non-hydrogen) atoms. The summed E-state index contributed by atoms with van der Waals surface area (Å²) in [5.74, 6) is 0. The van der Waals surface area contributed by atoms with E-state index in [-0.39, 0.29) is 9.84 Å². The zero-order valence-corrected chi connectivity index (χ0v) is 15.1. The molecule has 0 aromatic rings. The normalized spacial score (nSPS) is 27.0. The van der Waals surface area contributed by atoms with E-state index in [0.717, 1.165) is 12.6 Å². The summed E-state index contributed by atoms with van der Waals surface area (Å²) in [5, 5.41) is 0. The SMILES string of the molecule is CCCCCN1[SiH2]N(C2CCCCC2)C1OCCCC. The standard InChI is InChI=1S/C16H34N2OSi/c1-3-5-10-13-17-16(19-14-6-4-2)18(20-17)15-11-8-7-9-12-15/h15-16H,3-14,20H2,1-2H3. The summed E-state index contributed by atoms with van der Waals surface area (Å²) in [7, 11) is -0.180. The van der Waals surface area contributed by atoms with E-state index in [2.05, 4.69) is 23.0 Å². The summed E-state index contributed by atoms with van der Waals surface area (Å²) >= 11 is 0. The van der Waals surface area contributed by atoms with Gasteiger partial charge in [-0.1, -0.05) is 52.4 Å². The Kier molecular flexibility index (Phi) is 7.56. The van der Waals surface area contributed by atoms with Gasteiger partial charge in [0.15, 0.2) is 16.2 Å². The summed E-state index contributed by atoms with van der Waals surface area (Å²) in [6.07, 6.45) is 14.0. The highest BCUT2D eigenvalue weighted by Crippen LogP contribution is 2.30. The molecule has 0 radical (unpaired) electrons. The molecule has 1 atom stereocenters. The second-order valence-electron chi connectivity index (χ2n) is 6.52. The maximum atomic E-state index is 6.21. The van der Waals surface area contributed by atoms with Crippen LogP contribution in [0.2, 0.25) is 0 Å². The van der Waals surface area contributed by atoms with Crippen LogP contribution in [0.4, 0.5) is 0 Å². The Hall–Kier alpha value is 0.0969. The van der Waals surface area contributed by atoms with Crippen LogP contribution >= 0.6 is 0 Å². The number of nitrogens with zero attached hydrogens (tertiary/aromatic N) is 2. The maximum absolute atomic E-state index is 6.21. The van der Waals surface area contributed by atoms with Gasteiger partial charge in [0.1, 0.15) is 0 Å². The van der Waals surface area contributed by atoms with Crippen molar-refractivity contribution in [1.82, 2.24) is 9.13 Å². The smallest absolute Gasteiger partial charge is 0.179 e. The maximum Gasteiger partial charge on any atom is 0.179 e. The van der Waals surface area contributed by atoms with Crippen molar-refractivity contribution < 1.29 is 4.74 Å². The average Bonchev–Trinajstić information content (AvgIpc) is 2.47.